The number of aliphatic hydroxyl groups is 1. The van der Waals surface area contributed by atoms with E-state index < -0.39 is 0 Å². The first-order chi connectivity index (χ1) is 13.1. The van der Waals surface area contributed by atoms with E-state index in [4.69, 9.17) is 11.6 Å². The maximum Gasteiger partial charge on any atom is 0.232 e. The second-order valence-electron chi connectivity index (χ2n) is 6.94. The largest absolute Gasteiger partial charge is 0.396 e. The van der Waals surface area contributed by atoms with Gasteiger partial charge in [-0.3, -0.25) is 4.79 Å². The Bertz CT molecular complexity index is 998. The lowest BCUT2D eigenvalue weighted by atomic mass is 9.96. The number of carbonyl (C=O) groups is 1. The van der Waals surface area contributed by atoms with Crippen LogP contribution in [0.3, 0.4) is 0 Å². The van der Waals surface area contributed by atoms with Crippen LogP contribution in [0.25, 0.3) is 22.2 Å². The molecule has 2 aromatic heterocycles. The van der Waals surface area contributed by atoms with E-state index >= 15 is 0 Å². The predicted octanol–water partition coefficient (Wildman–Crippen LogP) is 4.18. The van der Waals surface area contributed by atoms with Crippen molar-refractivity contribution in [2.24, 2.45) is 5.92 Å². The third-order valence-corrected chi connectivity index (χ3v) is 5.73. The Morgan fingerprint density at radius 1 is 1.41 bits per heavy atom. The number of piperidine rings is 1. The number of pyridine rings is 1. The van der Waals surface area contributed by atoms with Crippen LogP contribution in [-0.2, 0) is 11.2 Å². The van der Waals surface area contributed by atoms with Crippen LogP contribution in [0.1, 0.15) is 25.3 Å². The Hall–Kier alpha value is -2.37. The van der Waals surface area contributed by atoms with E-state index in [1.807, 2.05) is 30.5 Å². The summed E-state index contributed by atoms with van der Waals surface area (Å²) in [4.78, 5) is 22.1. The summed E-state index contributed by atoms with van der Waals surface area (Å²) in [5.74, 6) is -0.324. The van der Waals surface area contributed by atoms with E-state index in [2.05, 4.69) is 16.9 Å². The fourth-order valence-corrected chi connectivity index (χ4v) is 4.18. The highest BCUT2D eigenvalue weighted by Crippen LogP contribution is 2.36. The van der Waals surface area contributed by atoms with E-state index in [-0.39, 0.29) is 18.4 Å². The summed E-state index contributed by atoms with van der Waals surface area (Å²) in [6.45, 7) is 2.65. The predicted molar refractivity (Wildman–Crippen MR) is 108 cm³/mol. The molecule has 1 saturated heterocycles. The molecule has 3 aromatic rings. The number of aromatic nitrogens is 2. The van der Waals surface area contributed by atoms with Gasteiger partial charge in [-0.2, -0.15) is 0 Å². The highest BCUT2D eigenvalue weighted by atomic mass is 35.5. The molecule has 1 amide bonds. The normalized spacial score (nSPS) is 17.7. The average Bonchev–Trinajstić information content (AvgIpc) is 3.13. The molecule has 0 saturated carbocycles. The van der Waals surface area contributed by atoms with Crippen LogP contribution in [0, 0.1) is 5.92 Å². The number of carbonyl (C=O) groups excluding carboxylic acids is 1. The van der Waals surface area contributed by atoms with Gasteiger partial charge in [0.25, 0.3) is 0 Å². The second kappa shape index (κ2) is 7.33. The lowest BCUT2D eigenvalue weighted by molar-refractivity contribution is -0.125. The first-order valence-electron chi connectivity index (χ1n) is 9.31. The van der Waals surface area contributed by atoms with Crippen molar-refractivity contribution < 1.29 is 9.90 Å². The van der Waals surface area contributed by atoms with Crippen molar-refractivity contribution in [3.8, 4) is 11.1 Å². The van der Waals surface area contributed by atoms with Crippen LogP contribution in [0.4, 0.5) is 5.69 Å². The van der Waals surface area contributed by atoms with Crippen LogP contribution in [-0.4, -0.2) is 34.1 Å². The van der Waals surface area contributed by atoms with Gasteiger partial charge in [0.05, 0.1) is 17.5 Å². The maximum absolute atomic E-state index is 12.6. The quantitative estimate of drug-likeness (QED) is 0.710. The smallest absolute Gasteiger partial charge is 0.232 e. The van der Waals surface area contributed by atoms with Gasteiger partial charge in [0.2, 0.25) is 5.91 Å². The molecule has 1 atom stereocenters. The monoisotopic (exact) mass is 383 g/mol. The zero-order chi connectivity index (χ0) is 19.0. The number of aryl methyl sites for hydroxylation is 1. The highest BCUT2D eigenvalue weighted by molar-refractivity contribution is 6.38. The molecule has 1 aromatic carbocycles. The summed E-state index contributed by atoms with van der Waals surface area (Å²) in [7, 11) is 0. The molecule has 2 N–H and O–H groups in total. The van der Waals surface area contributed by atoms with Crippen LogP contribution >= 0.6 is 11.6 Å². The Balaban J connectivity index is 1.76. The zero-order valence-electron chi connectivity index (χ0n) is 15.2. The zero-order valence-corrected chi connectivity index (χ0v) is 16.0. The Labute approximate surface area is 163 Å². The van der Waals surface area contributed by atoms with Crippen molar-refractivity contribution >= 4 is 34.2 Å². The van der Waals surface area contributed by atoms with E-state index in [9.17, 15) is 9.90 Å². The molecule has 0 radical (unpaired) electrons. The molecule has 0 spiro atoms. The molecule has 140 valence electrons. The minimum absolute atomic E-state index is 0.0144. The number of anilines is 1. The van der Waals surface area contributed by atoms with Gasteiger partial charge < -0.3 is 15.0 Å². The van der Waals surface area contributed by atoms with Gasteiger partial charge in [-0.1, -0.05) is 30.7 Å². The van der Waals surface area contributed by atoms with Gasteiger partial charge in [-0.15, -0.1) is 0 Å². The number of nitrogens with one attached hydrogen (secondary N) is 1. The van der Waals surface area contributed by atoms with Crippen LogP contribution < -0.4 is 4.90 Å². The topological polar surface area (TPSA) is 69.2 Å². The molecule has 1 fully saturated rings. The summed E-state index contributed by atoms with van der Waals surface area (Å²) in [6.07, 6.45) is 6.22. The number of rotatable bonds is 4. The van der Waals surface area contributed by atoms with E-state index in [0.717, 1.165) is 52.7 Å². The highest BCUT2D eigenvalue weighted by Gasteiger charge is 2.29. The fourth-order valence-electron chi connectivity index (χ4n) is 3.82. The standard InChI is InChI=1S/C21H22ClN3O2/c1-2-13-10-23-20-18(13)19(22)17(11-24-20)14-5-3-7-16(9-14)25-8-4-6-15(12-26)21(25)27/h3,5,7,9-11,15,26H,2,4,6,8,12H2,1H3,(H,23,24). The molecule has 5 nitrogen and oxygen atoms in total. The van der Waals surface area contributed by atoms with Crippen molar-refractivity contribution in [3.63, 3.8) is 0 Å². The van der Waals surface area contributed by atoms with Crippen LogP contribution in [0.5, 0.6) is 0 Å². The number of aliphatic hydroxyl groups excluding tert-OH is 1. The molecule has 27 heavy (non-hydrogen) atoms. The van der Waals surface area contributed by atoms with Gasteiger partial charge in [-0.05, 0) is 42.5 Å². The first kappa shape index (κ1) is 18.0. The third-order valence-electron chi connectivity index (χ3n) is 5.34. The molecule has 1 unspecified atom stereocenters. The first-order valence-corrected chi connectivity index (χ1v) is 9.69. The SMILES string of the molecule is CCc1c[nH]c2ncc(-c3cccc(N4CCCC(CO)C4=O)c3)c(Cl)c12. The minimum Gasteiger partial charge on any atom is -0.396 e. The average molecular weight is 384 g/mol. The molecular weight excluding hydrogens is 362 g/mol. The van der Waals surface area contributed by atoms with E-state index in [1.165, 1.54) is 0 Å². The number of hydrogen-bond acceptors (Lipinski definition) is 3. The molecule has 4 rings (SSSR count). The maximum atomic E-state index is 12.6. The number of halogens is 1. The van der Waals surface area contributed by atoms with Crippen LogP contribution in [0.2, 0.25) is 5.02 Å². The van der Waals surface area contributed by atoms with Crippen molar-refractivity contribution in [2.75, 3.05) is 18.1 Å². The Kier molecular flexibility index (Phi) is 4.89. The second-order valence-corrected chi connectivity index (χ2v) is 7.32. The number of aromatic amines is 1. The Morgan fingerprint density at radius 3 is 3.04 bits per heavy atom. The third kappa shape index (κ3) is 3.11. The van der Waals surface area contributed by atoms with Crippen molar-refractivity contribution in [1.82, 2.24) is 9.97 Å². The summed E-state index contributed by atoms with van der Waals surface area (Å²) >= 11 is 6.74. The van der Waals surface area contributed by atoms with Crippen LogP contribution in [0.15, 0.2) is 36.7 Å². The molecule has 0 bridgehead atoms. The van der Waals surface area contributed by atoms with E-state index in [0.29, 0.717) is 11.6 Å². The van der Waals surface area contributed by atoms with Crippen molar-refractivity contribution in [3.05, 3.63) is 47.2 Å². The fraction of sp³-hybridized carbons (Fsp3) is 0.333. The number of nitrogens with zero attached hydrogens (tertiary/aromatic N) is 2. The van der Waals surface area contributed by atoms with Gasteiger partial charge in [0.1, 0.15) is 5.65 Å². The van der Waals surface area contributed by atoms with Gasteiger partial charge in [0.15, 0.2) is 0 Å². The lowest BCUT2D eigenvalue weighted by Crippen LogP contribution is -2.42. The lowest BCUT2D eigenvalue weighted by Gasteiger charge is -2.31. The number of hydrogen-bond donors (Lipinski definition) is 2. The molecule has 1 aliphatic heterocycles. The van der Waals surface area contributed by atoms with E-state index in [1.54, 1.807) is 11.1 Å². The van der Waals surface area contributed by atoms with Gasteiger partial charge >= 0.3 is 0 Å². The molecule has 3 heterocycles. The molecular formula is C21H22ClN3O2. The summed E-state index contributed by atoms with van der Waals surface area (Å²) in [5.41, 5.74) is 4.53. The van der Waals surface area contributed by atoms with Gasteiger partial charge in [-0.25, -0.2) is 4.98 Å². The van der Waals surface area contributed by atoms with Gasteiger partial charge in [0, 0.05) is 35.6 Å². The molecule has 0 aliphatic carbocycles. The Morgan fingerprint density at radius 2 is 2.26 bits per heavy atom. The minimum atomic E-state index is -0.309. The molecule has 1 aliphatic rings. The summed E-state index contributed by atoms with van der Waals surface area (Å²) in [5, 5.41) is 11.1. The van der Waals surface area contributed by atoms with Crippen molar-refractivity contribution in [2.45, 2.75) is 26.2 Å². The number of fused-ring (bicyclic) bond motifs is 1. The number of H-pyrrole nitrogens is 1. The summed E-state index contributed by atoms with van der Waals surface area (Å²) in [6, 6.07) is 7.81. The number of amides is 1. The van der Waals surface area contributed by atoms with Crippen molar-refractivity contribution in [1.29, 1.82) is 0 Å². The number of benzene rings is 1. The summed E-state index contributed by atoms with van der Waals surface area (Å²) < 4.78 is 0. The molecule has 6 heteroatoms.